The highest BCUT2D eigenvalue weighted by molar-refractivity contribution is 6.74. The molecule has 1 saturated carbocycles. The lowest BCUT2D eigenvalue weighted by molar-refractivity contribution is -0.214. The zero-order valence-electron chi connectivity index (χ0n) is 17.9. The number of carbonyl (C=O) groups is 1. The lowest BCUT2D eigenvalue weighted by atomic mass is 9.57. The Labute approximate surface area is 165 Å². The predicted octanol–water partition coefficient (Wildman–Crippen LogP) is 5.01. The third-order valence-corrected chi connectivity index (χ3v) is 11.7. The van der Waals surface area contributed by atoms with Gasteiger partial charge in [0.2, 0.25) is 0 Å². The second-order valence-electron chi connectivity index (χ2n) is 10.5. The van der Waals surface area contributed by atoms with Gasteiger partial charge in [0.1, 0.15) is 0 Å². The largest absolute Gasteiger partial charge is 0.416 e. The summed E-state index contributed by atoms with van der Waals surface area (Å²) >= 11 is 0. The third kappa shape index (κ3) is 3.64. The van der Waals surface area contributed by atoms with Crippen molar-refractivity contribution in [1.29, 1.82) is 0 Å². The molecule has 2 aliphatic carbocycles. The molecule has 1 spiro atoms. The molecule has 0 amide bonds. The minimum atomic E-state index is -1.90. The minimum Gasteiger partial charge on any atom is -0.416 e. The molecule has 1 aliphatic heterocycles. The first-order valence-electron chi connectivity index (χ1n) is 10.2. The molecule has 2 fully saturated rings. The molecule has 0 radical (unpaired) electrons. The average molecular weight is 393 g/mol. The Kier molecular flexibility index (Phi) is 5.16. The average Bonchev–Trinajstić information content (AvgIpc) is 3.09. The number of rotatable bonds is 5. The van der Waals surface area contributed by atoms with E-state index >= 15 is 0 Å². The van der Waals surface area contributed by atoms with Gasteiger partial charge in [-0.1, -0.05) is 39.3 Å². The van der Waals surface area contributed by atoms with Crippen molar-refractivity contribution in [3.05, 3.63) is 24.3 Å². The molecule has 3 rings (SSSR count). The van der Waals surface area contributed by atoms with Gasteiger partial charge in [0.25, 0.3) is 0 Å². The summed E-state index contributed by atoms with van der Waals surface area (Å²) in [6.45, 7) is 19.4. The van der Waals surface area contributed by atoms with Gasteiger partial charge in [-0.15, -0.1) is 6.58 Å². The molecule has 0 bridgehead atoms. The Balaban J connectivity index is 1.97. The summed E-state index contributed by atoms with van der Waals surface area (Å²) in [5.74, 6) is -0.392. The maximum atomic E-state index is 12.5. The monoisotopic (exact) mass is 392 g/mol. The molecule has 0 unspecified atom stereocenters. The molecular weight excluding hydrogens is 356 g/mol. The van der Waals surface area contributed by atoms with Gasteiger partial charge in [-0.05, 0) is 30.6 Å². The van der Waals surface area contributed by atoms with Crippen molar-refractivity contribution >= 4 is 14.1 Å². The first-order chi connectivity index (χ1) is 12.4. The molecule has 3 aliphatic rings. The van der Waals surface area contributed by atoms with Gasteiger partial charge in [0.15, 0.2) is 19.9 Å². The van der Waals surface area contributed by atoms with E-state index in [0.717, 1.165) is 19.3 Å². The SMILES string of the molecule is C=CC[C@]12CC(=O)C=C1[C@](C)(CO[Si](C)(C)C(C)(C)C)CC1(C2)OCCO1. The van der Waals surface area contributed by atoms with Crippen molar-refractivity contribution in [2.24, 2.45) is 10.8 Å². The molecule has 0 N–H and O–H groups in total. The molecular formula is C22H36O4Si. The summed E-state index contributed by atoms with van der Waals surface area (Å²) in [5.41, 5.74) is 0.712. The van der Waals surface area contributed by atoms with E-state index < -0.39 is 14.1 Å². The quantitative estimate of drug-likeness (QED) is 0.487. The molecule has 27 heavy (non-hydrogen) atoms. The zero-order valence-corrected chi connectivity index (χ0v) is 18.9. The lowest BCUT2D eigenvalue weighted by Gasteiger charge is -2.53. The van der Waals surface area contributed by atoms with Gasteiger partial charge in [0.05, 0.1) is 13.2 Å². The summed E-state index contributed by atoms with van der Waals surface area (Å²) in [7, 11) is -1.90. The van der Waals surface area contributed by atoms with Crippen LogP contribution in [0, 0.1) is 10.8 Å². The van der Waals surface area contributed by atoms with Gasteiger partial charge in [-0.25, -0.2) is 0 Å². The van der Waals surface area contributed by atoms with E-state index in [-0.39, 0.29) is 21.7 Å². The van der Waals surface area contributed by atoms with Gasteiger partial charge in [-0.3, -0.25) is 4.79 Å². The lowest BCUT2D eigenvalue weighted by Crippen LogP contribution is -2.53. The third-order valence-electron chi connectivity index (χ3n) is 7.21. The molecule has 0 aromatic rings. The number of carbonyl (C=O) groups excluding carboxylic acids is 1. The van der Waals surface area contributed by atoms with E-state index in [1.165, 1.54) is 5.57 Å². The van der Waals surface area contributed by atoms with Crippen molar-refractivity contribution in [2.45, 2.75) is 77.3 Å². The number of hydrogen-bond donors (Lipinski definition) is 0. The minimum absolute atomic E-state index is 0.147. The number of ketones is 1. The van der Waals surface area contributed by atoms with E-state index in [1.54, 1.807) is 0 Å². The fourth-order valence-electron chi connectivity index (χ4n) is 4.95. The molecule has 1 heterocycles. The van der Waals surface area contributed by atoms with Crippen molar-refractivity contribution in [2.75, 3.05) is 19.8 Å². The van der Waals surface area contributed by atoms with Crippen LogP contribution in [-0.2, 0) is 18.7 Å². The maximum absolute atomic E-state index is 12.5. The summed E-state index contributed by atoms with van der Waals surface area (Å²) < 4.78 is 19.0. The maximum Gasteiger partial charge on any atom is 0.192 e. The number of hydrogen-bond acceptors (Lipinski definition) is 4. The van der Waals surface area contributed by atoms with Crippen molar-refractivity contribution in [3.63, 3.8) is 0 Å². The highest BCUT2D eigenvalue weighted by Crippen LogP contribution is 2.62. The van der Waals surface area contributed by atoms with E-state index in [2.05, 4.69) is 47.4 Å². The molecule has 0 aromatic carbocycles. The Bertz CT molecular complexity index is 654. The highest BCUT2D eigenvalue weighted by atomic mass is 28.4. The molecule has 0 aromatic heterocycles. The van der Waals surface area contributed by atoms with Gasteiger partial charge in [0, 0.05) is 36.7 Å². The summed E-state index contributed by atoms with van der Waals surface area (Å²) in [6, 6.07) is 0. The fraction of sp³-hybridized carbons (Fsp3) is 0.773. The first kappa shape index (κ1) is 21.0. The van der Waals surface area contributed by atoms with Crippen molar-refractivity contribution < 1.29 is 18.7 Å². The van der Waals surface area contributed by atoms with E-state index in [0.29, 0.717) is 26.2 Å². The summed E-state index contributed by atoms with van der Waals surface area (Å²) in [4.78, 5) is 12.5. The van der Waals surface area contributed by atoms with E-state index in [1.807, 2.05) is 12.2 Å². The molecule has 152 valence electrons. The van der Waals surface area contributed by atoms with Crippen molar-refractivity contribution in [1.82, 2.24) is 0 Å². The van der Waals surface area contributed by atoms with E-state index in [9.17, 15) is 4.79 Å². The van der Waals surface area contributed by atoms with Crippen LogP contribution >= 0.6 is 0 Å². The summed E-state index contributed by atoms with van der Waals surface area (Å²) in [5, 5.41) is 0.147. The fourth-order valence-corrected chi connectivity index (χ4v) is 6.06. The topological polar surface area (TPSA) is 44.8 Å². The highest BCUT2D eigenvalue weighted by Gasteiger charge is 2.61. The van der Waals surface area contributed by atoms with Crippen LogP contribution in [0.25, 0.3) is 0 Å². The van der Waals surface area contributed by atoms with E-state index in [4.69, 9.17) is 13.9 Å². The van der Waals surface area contributed by atoms with Gasteiger partial charge in [-0.2, -0.15) is 0 Å². The zero-order chi connectivity index (χ0) is 20.1. The van der Waals surface area contributed by atoms with Crippen LogP contribution in [0.15, 0.2) is 24.3 Å². The normalized spacial score (nSPS) is 33.3. The molecule has 4 nitrogen and oxygen atoms in total. The Morgan fingerprint density at radius 2 is 1.89 bits per heavy atom. The number of fused-ring (bicyclic) bond motifs is 1. The van der Waals surface area contributed by atoms with Crippen LogP contribution < -0.4 is 0 Å². The van der Waals surface area contributed by atoms with Crippen LogP contribution in [0.2, 0.25) is 18.1 Å². The summed E-state index contributed by atoms with van der Waals surface area (Å²) in [6.07, 6.45) is 6.61. The molecule has 1 saturated heterocycles. The van der Waals surface area contributed by atoms with Crippen LogP contribution in [0.3, 0.4) is 0 Å². The second-order valence-corrected chi connectivity index (χ2v) is 15.4. The Hall–Kier alpha value is -0.753. The first-order valence-corrected chi connectivity index (χ1v) is 13.1. The molecule has 2 atom stereocenters. The van der Waals surface area contributed by atoms with Gasteiger partial charge >= 0.3 is 0 Å². The van der Waals surface area contributed by atoms with Crippen LogP contribution in [0.5, 0.6) is 0 Å². The Morgan fingerprint density at radius 3 is 2.44 bits per heavy atom. The van der Waals surface area contributed by atoms with Crippen LogP contribution in [0.1, 0.15) is 53.4 Å². The Morgan fingerprint density at radius 1 is 1.26 bits per heavy atom. The van der Waals surface area contributed by atoms with Crippen LogP contribution in [0.4, 0.5) is 0 Å². The number of ether oxygens (including phenoxy) is 2. The second kappa shape index (κ2) is 6.65. The predicted molar refractivity (Wildman–Crippen MR) is 110 cm³/mol. The van der Waals surface area contributed by atoms with Crippen molar-refractivity contribution in [3.8, 4) is 0 Å². The molecule has 5 heteroatoms. The standard InChI is InChI=1S/C22H36O4Si/c1-8-9-21-13-17(23)12-18(21)20(5,14-22(15-21)24-10-11-25-22)16-26-27(6,7)19(2,3)4/h8,12H,1,9-11,13-16H2,2-7H3/t20-,21+/m0/s1. The number of allylic oxidation sites excluding steroid dienone is 2. The van der Waals surface area contributed by atoms with Crippen LogP contribution in [-0.4, -0.2) is 39.7 Å². The smallest absolute Gasteiger partial charge is 0.192 e. The van der Waals surface area contributed by atoms with Gasteiger partial charge < -0.3 is 13.9 Å².